The van der Waals surface area contributed by atoms with Crippen molar-refractivity contribution in [2.75, 3.05) is 5.32 Å². The van der Waals surface area contributed by atoms with Crippen LogP contribution < -0.4 is 5.32 Å². The molecule has 0 saturated carbocycles. The Hall–Kier alpha value is -2.83. The predicted molar refractivity (Wildman–Crippen MR) is 105 cm³/mol. The van der Waals surface area contributed by atoms with Gasteiger partial charge in [0.2, 0.25) is 0 Å². The van der Waals surface area contributed by atoms with Crippen LogP contribution in [-0.4, -0.2) is 10.9 Å². The SMILES string of the molecule is O=C(Nc1nc(-c2cccs2)c(-c2ccccc2)s1)c1ccccc1F. The molecule has 1 N–H and O–H groups in total. The Morgan fingerprint density at radius 2 is 1.73 bits per heavy atom. The highest BCUT2D eigenvalue weighted by Crippen LogP contribution is 2.40. The van der Waals surface area contributed by atoms with Crippen LogP contribution >= 0.6 is 22.7 Å². The van der Waals surface area contributed by atoms with Crippen LogP contribution in [0.2, 0.25) is 0 Å². The van der Waals surface area contributed by atoms with E-state index in [0.717, 1.165) is 21.0 Å². The number of thiazole rings is 1. The summed E-state index contributed by atoms with van der Waals surface area (Å²) >= 11 is 2.97. The first-order chi connectivity index (χ1) is 12.7. The molecule has 0 saturated heterocycles. The van der Waals surface area contributed by atoms with Crippen molar-refractivity contribution >= 4 is 33.7 Å². The maximum atomic E-state index is 13.8. The van der Waals surface area contributed by atoms with E-state index >= 15 is 0 Å². The van der Waals surface area contributed by atoms with Gasteiger partial charge in [0.15, 0.2) is 5.13 Å². The van der Waals surface area contributed by atoms with E-state index in [1.807, 2.05) is 47.8 Å². The quantitative estimate of drug-likeness (QED) is 0.477. The van der Waals surface area contributed by atoms with E-state index in [1.165, 1.54) is 23.5 Å². The fraction of sp³-hybridized carbons (Fsp3) is 0. The third-order valence-electron chi connectivity index (χ3n) is 3.76. The van der Waals surface area contributed by atoms with E-state index in [-0.39, 0.29) is 5.56 Å². The first kappa shape index (κ1) is 16.6. The molecular weight excluding hydrogens is 367 g/mol. The molecule has 0 aliphatic rings. The molecular formula is C20H13FN2OS2. The van der Waals surface area contributed by atoms with E-state index in [1.54, 1.807) is 23.5 Å². The van der Waals surface area contributed by atoms with Gasteiger partial charge < -0.3 is 0 Å². The number of hydrogen-bond acceptors (Lipinski definition) is 4. The minimum atomic E-state index is -0.552. The number of thiophene rings is 1. The van der Waals surface area contributed by atoms with Crippen molar-refractivity contribution in [1.29, 1.82) is 0 Å². The van der Waals surface area contributed by atoms with Gasteiger partial charge in [-0.05, 0) is 29.1 Å². The van der Waals surface area contributed by atoms with Gasteiger partial charge in [-0.1, -0.05) is 59.9 Å². The smallest absolute Gasteiger partial charge is 0.260 e. The largest absolute Gasteiger partial charge is 0.298 e. The minimum absolute atomic E-state index is 0.00151. The molecule has 2 aromatic heterocycles. The van der Waals surface area contributed by atoms with Gasteiger partial charge >= 0.3 is 0 Å². The van der Waals surface area contributed by atoms with Crippen molar-refractivity contribution in [2.45, 2.75) is 0 Å². The van der Waals surface area contributed by atoms with E-state index < -0.39 is 11.7 Å². The van der Waals surface area contributed by atoms with Gasteiger partial charge in [0.25, 0.3) is 5.91 Å². The van der Waals surface area contributed by atoms with E-state index in [0.29, 0.717) is 5.13 Å². The topological polar surface area (TPSA) is 42.0 Å². The number of nitrogens with one attached hydrogen (secondary N) is 1. The van der Waals surface area contributed by atoms with Crippen molar-refractivity contribution in [2.24, 2.45) is 0 Å². The number of halogens is 1. The van der Waals surface area contributed by atoms with Crippen LogP contribution in [-0.2, 0) is 0 Å². The lowest BCUT2D eigenvalue weighted by atomic mass is 10.1. The van der Waals surface area contributed by atoms with Gasteiger partial charge in [-0.15, -0.1) is 11.3 Å². The normalized spacial score (nSPS) is 10.7. The summed E-state index contributed by atoms with van der Waals surface area (Å²) in [5, 5.41) is 5.16. The number of nitrogens with zero attached hydrogens (tertiary/aromatic N) is 1. The number of carbonyl (C=O) groups excluding carboxylic acids is 1. The molecule has 0 bridgehead atoms. The Labute approximate surface area is 157 Å². The average Bonchev–Trinajstić information content (AvgIpc) is 3.32. The number of anilines is 1. The lowest BCUT2D eigenvalue weighted by Crippen LogP contribution is -2.13. The van der Waals surface area contributed by atoms with Gasteiger partial charge in [-0.3, -0.25) is 10.1 Å². The van der Waals surface area contributed by atoms with Gasteiger partial charge in [-0.2, -0.15) is 0 Å². The van der Waals surface area contributed by atoms with Crippen LogP contribution in [0.3, 0.4) is 0 Å². The molecule has 3 nitrogen and oxygen atoms in total. The Kier molecular flexibility index (Phi) is 4.60. The van der Waals surface area contributed by atoms with Crippen molar-refractivity contribution in [1.82, 2.24) is 4.98 Å². The van der Waals surface area contributed by atoms with Crippen LogP contribution in [0.4, 0.5) is 9.52 Å². The first-order valence-corrected chi connectivity index (χ1v) is 9.58. The second kappa shape index (κ2) is 7.19. The Bertz CT molecular complexity index is 1040. The van der Waals surface area contributed by atoms with Crippen LogP contribution in [0.25, 0.3) is 21.0 Å². The first-order valence-electron chi connectivity index (χ1n) is 7.88. The van der Waals surface area contributed by atoms with Crippen LogP contribution in [0.15, 0.2) is 72.1 Å². The fourth-order valence-corrected chi connectivity index (χ4v) is 4.31. The zero-order chi connectivity index (χ0) is 17.9. The molecule has 6 heteroatoms. The van der Waals surface area contributed by atoms with Gasteiger partial charge in [0.1, 0.15) is 11.5 Å². The van der Waals surface area contributed by atoms with Gasteiger partial charge in [0.05, 0.1) is 15.3 Å². The molecule has 128 valence electrons. The summed E-state index contributed by atoms with van der Waals surface area (Å²) in [6, 6.07) is 19.8. The van der Waals surface area contributed by atoms with E-state index in [4.69, 9.17) is 0 Å². The molecule has 1 amide bonds. The fourth-order valence-electron chi connectivity index (χ4n) is 2.55. The lowest BCUT2D eigenvalue weighted by molar-refractivity contribution is 0.102. The summed E-state index contributed by atoms with van der Waals surface area (Å²) in [4.78, 5) is 19.0. The molecule has 0 aliphatic heterocycles. The maximum absolute atomic E-state index is 13.8. The number of aromatic nitrogens is 1. The van der Waals surface area contributed by atoms with E-state index in [2.05, 4.69) is 10.3 Å². The highest BCUT2D eigenvalue weighted by atomic mass is 32.1. The summed E-state index contributed by atoms with van der Waals surface area (Å²) < 4.78 is 13.8. The second-order valence-electron chi connectivity index (χ2n) is 5.47. The Morgan fingerprint density at radius 3 is 2.46 bits per heavy atom. The third kappa shape index (κ3) is 3.29. The molecule has 0 atom stereocenters. The molecule has 26 heavy (non-hydrogen) atoms. The number of benzene rings is 2. The number of rotatable bonds is 4. The average molecular weight is 380 g/mol. The zero-order valence-electron chi connectivity index (χ0n) is 13.5. The second-order valence-corrected chi connectivity index (χ2v) is 7.42. The summed E-state index contributed by atoms with van der Waals surface area (Å²) in [5.41, 5.74) is 1.85. The maximum Gasteiger partial charge on any atom is 0.260 e. The monoisotopic (exact) mass is 380 g/mol. The molecule has 0 radical (unpaired) electrons. The Balaban J connectivity index is 1.72. The Morgan fingerprint density at radius 1 is 0.962 bits per heavy atom. The molecule has 2 heterocycles. The van der Waals surface area contributed by atoms with Crippen molar-refractivity contribution in [3.63, 3.8) is 0 Å². The molecule has 4 rings (SSSR count). The van der Waals surface area contributed by atoms with Crippen LogP contribution in [0.5, 0.6) is 0 Å². The molecule has 2 aromatic carbocycles. The van der Waals surface area contributed by atoms with Crippen molar-refractivity contribution in [3.05, 3.63) is 83.5 Å². The summed E-state index contributed by atoms with van der Waals surface area (Å²) in [7, 11) is 0. The van der Waals surface area contributed by atoms with Crippen molar-refractivity contribution < 1.29 is 9.18 Å². The summed E-state index contributed by atoms with van der Waals surface area (Å²) in [6.07, 6.45) is 0. The number of carbonyl (C=O) groups is 1. The van der Waals surface area contributed by atoms with Crippen molar-refractivity contribution in [3.8, 4) is 21.0 Å². The highest BCUT2D eigenvalue weighted by molar-refractivity contribution is 7.20. The summed E-state index contributed by atoms with van der Waals surface area (Å²) in [5.74, 6) is -1.06. The van der Waals surface area contributed by atoms with Crippen LogP contribution in [0, 0.1) is 5.82 Å². The number of amides is 1. The summed E-state index contributed by atoms with van der Waals surface area (Å²) in [6.45, 7) is 0. The molecule has 4 aromatic rings. The standard InChI is InChI=1S/C20H13FN2OS2/c21-15-10-5-4-9-14(15)19(24)23-20-22-17(16-11-6-12-25-16)18(26-20)13-7-2-1-3-8-13/h1-12H,(H,22,23,24). The minimum Gasteiger partial charge on any atom is -0.298 e. The van der Waals surface area contributed by atoms with Crippen LogP contribution in [0.1, 0.15) is 10.4 Å². The zero-order valence-corrected chi connectivity index (χ0v) is 15.1. The van der Waals surface area contributed by atoms with Gasteiger partial charge in [0, 0.05) is 0 Å². The molecule has 0 fully saturated rings. The third-order valence-corrected chi connectivity index (χ3v) is 5.65. The highest BCUT2D eigenvalue weighted by Gasteiger charge is 2.18. The predicted octanol–water partition coefficient (Wildman–Crippen LogP) is 5.93. The lowest BCUT2D eigenvalue weighted by Gasteiger charge is -2.02. The van der Waals surface area contributed by atoms with E-state index in [9.17, 15) is 9.18 Å². The molecule has 0 aliphatic carbocycles. The molecule has 0 spiro atoms. The molecule has 0 unspecified atom stereocenters. The number of hydrogen-bond donors (Lipinski definition) is 1. The van der Waals surface area contributed by atoms with Gasteiger partial charge in [-0.25, -0.2) is 9.37 Å².